The standard InChI is InChI=1S/C21H18N4O3/c1-27-18-8-7-14(17-12-25-9-3-2-4-20(25)22-17)10-15(18)23-21(26)16-11-19(28-24-16)13-5-6-13/h2-4,7-13H,5-6H2,1H3,(H,23,26). The number of nitrogens with zero attached hydrogens (tertiary/aromatic N) is 3. The minimum absolute atomic E-state index is 0.266. The Kier molecular flexibility index (Phi) is 3.86. The Balaban J connectivity index is 1.45. The first kappa shape index (κ1) is 16.6. The number of hydrogen-bond acceptors (Lipinski definition) is 5. The molecule has 28 heavy (non-hydrogen) atoms. The molecule has 1 fully saturated rings. The van der Waals surface area contributed by atoms with Crippen molar-refractivity contribution in [2.75, 3.05) is 12.4 Å². The zero-order valence-electron chi connectivity index (χ0n) is 15.3. The zero-order chi connectivity index (χ0) is 19.1. The summed E-state index contributed by atoms with van der Waals surface area (Å²) in [5.41, 5.74) is 3.36. The highest BCUT2D eigenvalue weighted by atomic mass is 16.5. The number of benzene rings is 1. The van der Waals surface area contributed by atoms with Gasteiger partial charge in [-0.25, -0.2) is 4.98 Å². The van der Waals surface area contributed by atoms with Crippen molar-refractivity contribution in [3.63, 3.8) is 0 Å². The number of fused-ring (bicyclic) bond motifs is 1. The highest BCUT2D eigenvalue weighted by Gasteiger charge is 2.29. The molecule has 0 unspecified atom stereocenters. The van der Waals surface area contributed by atoms with E-state index in [0.717, 1.165) is 35.5 Å². The summed E-state index contributed by atoms with van der Waals surface area (Å²) in [6, 6.07) is 13.1. The fourth-order valence-electron chi connectivity index (χ4n) is 3.18. The van der Waals surface area contributed by atoms with Gasteiger partial charge < -0.3 is 19.0 Å². The summed E-state index contributed by atoms with van der Waals surface area (Å²) in [5.74, 6) is 1.41. The molecule has 5 rings (SSSR count). The number of nitrogens with one attached hydrogen (secondary N) is 1. The van der Waals surface area contributed by atoms with Gasteiger partial charge in [0.25, 0.3) is 5.91 Å². The van der Waals surface area contributed by atoms with Crippen molar-refractivity contribution in [1.82, 2.24) is 14.5 Å². The highest BCUT2D eigenvalue weighted by Crippen LogP contribution is 2.40. The van der Waals surface area contributed by atoms with Crippen LogP contribution in [0, 0.1) is 0 Å². The molecule has 0 bridgehead atoms. The van der Waals surface area contributed by atoms with Crippen molar-refractivity contribution in [3.8, 4) is 17.0 Å². The maximum Gasteiger partial charge on any atom is 0.277 e. The van der Waals surface area contributed by atoms with Crippen LogP contribution >= 0.6 is 0 Å². The van der Waals surface area contributed by atoms with Crippen LogP contribution in [0.25, 0.3) is 16.9 Å². The molecule has 1 aliphatic rings. The number of rotatable bonds is 5. The Labute approximate surface area is 160 Å². The molecule has 7 nitrogen and oxygen atoms in total. The predicted molar refractivity (Wildman–Crippen MR) is 104 cm³/mol. The molecule has 0 saturated heterocycles. The third-order valence-electron chi connectivity index (χ3n) is 4.85. The molecular weight excluding hydrogens is 356 g/mol. The number of aromatic nitrogens is 3. The predicted octanol–water partition coefficient (Wildman–Crippen LogP) is 4.13. The molecular formula is C21H18N4O3. The van der Waals surface area contributed by atoms with Gasteiger partial charge in [0.2, 0.25) is 0 Å². The smallest absolute Gasteiger partial charge is 0.277 e. The Morgan fingerprint density at radius 2 is 2.14 bits per heavy atom. The first-order valence-corrected chi connectivity index (χ1v) is 9.11. The van der Waals surface area contributed by atoms with E-state index in [1.807, 2.05) is 53.2 Å². The number of imidazole rings is 1. The van der Waals surface area contributed by atoms with Crippen LogP contribution in [-0.2, 0) is 0 Å². The lowest BCUT2D eigenvalue weighted by Crippen LogP contribution is -2.13. The molecule has 4 aromatic rings. The minimum Gasteiger partial charge on any atom is -0.495 e. The Hall–Kier alpha value is -3.61. The van der Waals surface area contributed by atoms with Crippen LogP contribution in [-0.4, -0.2) is 27.6 Å². The van der Waals surface area contributed by atoms with E-state index in [0.29, 0.717) is 17.4 Å². The summed E-state index contributed by atoms with van der Waals surface area (Å²) in [5, 5.41) is 6.77. The third-order valence-corrected chi connectivity index (χ3v) is 4.85. The molecule has 1 aromatic carbocycles. The highest BCUT2D eigenvalue weighted by molar-refractivity contribution is 6.04. The summed E-state index contributed by atoms with van der Waals surface area (Å²) in [7, 11) is 1.57. The lowest BCUT2D eigenvalue weighted by atomic mass is 10.1. The number of carbonyl (C=O) groups excluding carboxylic acids is 1. The first-order chi connectivity index (χ1) is 13.7. The van der Waals surface area contributed by atoms with E-state index < -0.39 is 0 Å². The Morgan fingerprint density at radius 3 is 2.93 bits per heavy atom. The van der Waals surface area contributed by atoms with Crippen LogP contribution in [0.1, 0.15) is 35.0 Å². The monoisotopic (exact) mass is 374 g/mol. The van der Waals surface area contributed by atoms with E-state index in [1.165, 1.54) is 0 Å². The summed E-state index contributed by atoms with van der Waals surface area (Å²) in [4.78, 5) is 17.2. The molecule has 0 radical (unpaired) electrons. The van der Waals surface area contributed by atoms with Gasteiger partial charge in [-0.2, -0.15) is 0 Å². The van der Waals surface area contributed by atoms with E-state index in [1.54, 1.807) is 13.2 Å². The average molecular weight is 374 g/mol. The van der Waals surface area contributed by atoms with Crippen molar-refractivity contribution in [2.45, 2.75) is 18.8 Å². The van der Waals surface area contributed by atoms with Crippen LogP contribution < -0.4 is 10.1 Å². The molecule has 1 amide bonds. The summed E-state index contributed by atoms with van der Waals surface area (Å²) < 4.78 is 12.6. The largest absolute Gasteiger partial charge is 0.495 e. The van der Waals surface area contributed by atoms with Crippen LogP contribution in [0.5, 0.6) is 5.75 Å². The molecule has 3 heterocycles. The lowest BCUT2D eigenvalue weighted by Gasteiger charge is -2.10. The van der Waals surface area contributed by atoms with Crippen molar-refractivity contribution in [1.29, 1.82) is 0 Å². The zero-order valence-corrected chi connectivity index (χ0v) is 15.3. The van der Waals surface area contributed by atoms with Gasteiger partial charge in [0.15, 0.2) is 5.69 Å². The summed E-state index contributed by atoms with van der Waals surface area (Å²) in [6.45, 7) is 0. The van der Waals surface area contributed by atoms with Crippen molar-refractivity contribution < 1.29 is 14.1 Å². The summed E-state index contributed by atoms with van der Waals surface area (Å²) in [6.07, 6.45) is 6.07. The molecule has 1 N–H and O–H groups in total. The van der Waals surface area contributed by atoms with Crippen molar-refractivity contribution >= 4 is 17.2 Å². The number of pyridine rings is 1. The van der Waals surface area contributed by atoms with E-state index in [4.69, 9.17) is 9.26 Å². The average Bonchev–Trinajstić information content (AvgIpc) is 3.28. The Bertz CT molecular complexity index is 1140. The van der Waals surface area contributed by atoms with Gasteiger partial charge in [-0.05, 0) is 43.2 Å². The van der Waals surface area contributed by atoms with Crippen LogP contribution in [0.15, 0.2) is 59.4 Å². The Morgan fingerprint density at radius 1 is 1.25 bits per heavy atom. The van der Waals surface area contributed by atoms with Gasteiger partial charge in [0.05, 0.1) is 18.5 Å². The SMILES string of the molecule is COc1ccc(-c2cn3ccccc3n2)cc1NC(=O)c1cc(C2CC2)on1. The molecule has 0 aliphatic heterocycles. The number of hydrogen-bond donors (Lipinski definition) is 1. The second kappa shape index (κ2) is 6.53. The fraction of sp³-hybridized carbons (Fsp3) is 0.190. The van der Waals surface area contributed by atoms with Crippen LogP contribution in [0.4, 0.5) is 5.69 Å². The molecule has 1 saturated carbocycles. The summed E-state index contributed by atoms with van der Waals surface area (Å²) >= 11 is 0. The number of methoxy groups -OCH3 is 1. The first-order valence-electron chi connectivity index (χ1n) is 9.11. The molecule has 0 spiro atoms. The second-order valence-electron chi connectivity index (χ2n) is 6.85. The molecule has 0 atom stereocenters. The van der Waals surface area contributed by atoms with Gasteiger partial charge in [-0.15, -0.1) is 0 Å². The van der Waals surface area contributed by atoms with E-state index >= 15 is 0 Å². The van der Waals surface area contributed by atoms with Gasteiger partial charge in [0, 0.05) is 29.9 Å². The molecule has 1 aliphatic carbocycles. The molecule has 3 aromatic heterocycles. The maximum atomic E-state index is 12.6. The van der Waals surface area contributed by atoms with Gasteiger partial charge >= 0.3 is 0 Å². The quantitative estimate of drug-likeness (QED) is 0.568. The minimum atomic E-state index is -0.332. The topological polar surface area (TPSA) is 81.7 Å². The number of anilines is 1. The normalized spacial score (nSPS) is 13.6. The van der Waals surface area contributed by atoms with E-state index in [2.05, 4.69) is 15.5 Å². The van der Waals surface area contributed by atoms with E-state index in [9.17, 15) is 4.79 Å². The third kappa shape index (κ3) is 3.00. The fourth-order valence-corrected chi connectivity index (χ4v) is 3.18. The molecule has 7 heteroatoms. The van der Waals surface area contributed by atoms with Gasteiger partial charge in [-0.3, -0.25) is 4.79 Å². The van der Waals surface area contributed by atoms with Crippen molar-refractivity contribution in [3.05, 3.63) is 66.3 Å². The van der Waals surface area contributed by atoms with Gasteiger partial charge in [-0.1, -0.05) is 11.2 Å². The van der Waals surface area contributed by atoms with Crippen LogP contribution in [0.3, 0.4) is 0 Å². The number of ether oxygens (including phenoxy) is 1. The maximum absolute atomic E-state index is 12.6. The van der Waals surface area contributed by atoms with Gasteiger partial charge in [0.1, 0.15) is 17.2 Å². The number of carbonyl (C=O) groups is 1. The molecule has 140 valence electrons. The number of amides is 1. The van der Waals surface area contributed by atoms with Crippen LogP contribution in [0.2, 0.25) is 0 Å². The van der Waals surface area contributed by atoms with E-state index in [-0.39, 0.29) is 11.6 Å². The van der Waals surface area contributed by atoms with Crippen molar-refractivity contribution in [2.24, 2.45) is 0 Å². The lowest BCUT2D eigenvalue weighted by molar-refractivity contribution is 0.101. The second-order valence-corrected chi connectivity index (χ2v) is 6.85.